The Bertz CT molecular complexity index is 786. The van der Waals surface area contributed by atoms with Gasteiger partial charge in [-0.1, -0.05) is 30.3 Å². The standard InChI is InChI=1S/C19H20N4O2/c1-2-23(14-15-7-4-3-5-8-15)19(24)17-10-11-18(22-21-17)20-13-16-9-6-12-25-16/h3-12H,2,13-14H2,1H3,(H,20,22). The maximum absolute atomic E-state index is 12.6. The van der Waals surface area contributed by atoms with Gasteiger partial charge in [-0.25, -0.2) is 0 Å². The summed E-state index contributed by atoms with van der Waals surface area (Å²) < 4.78 is 5.25. The number of amides is 1. The number of nitrogens with zero attached hydrogens (tertiary/aromatic N) is 3. The molecule has 0 fully saturated rings. The number of nitrogens with one attached hydrogen (secondary N) is 1. The molecule has 2 aromatic heterocycles. The minimum Gasteiger partial charge on any atom is -0.467 e. The monoisotopic (exact) mass is 336 g/mol. The molecule has 3 aromatic rings. The van der Waals surface area contributed by atoms with Crippen LogP contribution in [0.5, 0.6) is 0 Å². The van der Waals surface area contributed by atoms with Crippen molar-refractivity contribution < 1.29 is 9.21 Å². The van der Waals surface area contributed by atoms with E-state index in [1.807, 2.05) is 49.4 Å². The van der Waals surface area contributed by atoms with Gasteiger partial charge < -0.3 is 14.6 Å². The Morgan fingerprint density at radius 2 is 1.92 bits per heavy atom. The summed E-state index contributed by atoms with van der Waals surface area (Å²) in [6.07, 6.45) is 1.62. The maximum atomic E-state index is 12.6. The molecule has 25 heavy (non-hydrogen) atoms. The topological polar surface area (TPSA) is 71.3 Å². The molecule has 2 heterocycles. The van der Waals surface area contributed by atoms with E-state index < -0.39 is 0 Å². The van der Waals surface area contributed by atoms with E-state index in [-0.39, 0.29) is 5.91 Å². The molecule has 1 amide bonds. The Morgan fingerprint density at radius 3 is 2.56 bits per heavy atom. The van der Waals surface area contributed by atoms with Gasteiger partial charge in [-0.2, -0.15) is 0 Å². The zero-order chi connectivity index (χ0) is 17.5. The van der Waals surface area contributed by atoms with Gasteiger partial charge in [-0.05, 0) is 36.8 Å². The Hall–Kier alpha value is -3.15. The lowest BCUT2D eigenvalue weighted by molar-refractivity contribution is 0.0745. The van der Waals surface area contributed by atoms with E-state index in [9.17, 15) is 4.79 Å². The largest absolute Gasteiger partial charge is 0.467 e. The van der Waals surface area contributed by atoms with Crippen LogP contribution in [0.25, 0.3) is 0 Å². The molecule has 0 aliphatic heterocycles. The highest BCUT2D eigenvalue weighted by molar-refractivity contribution is 5.92. The van der Waals surface area contributed by atoms with Crippen LogP contribution >= 0.6 is 0 Å². The highest BCUT2D eigenvalue weighted by Gasteiger charge is 2.16. The van der Waals surface area contributed by atoms with Gasteiger partial charge in [0.05, 0.1) is 12.8 Å². The van der Waals surface area contributed by atoms with E-state index in [1.165, 1.54) is 0 Å². The van der Waals surface area contributed by atoms with Crippen LogP contribution in [0.3, 0.4) is 0 Å². The fourth-order valence-corrected chi connectivity index (χ4v) is 2.42. The van der Waals surface area contributed by atoms with Gasteiger partial charge in [-0.15, -0.1) is 10.2 Å². The Balaban J connectivity index is 1.62. The Morgan fingerprint density at radius 1 is 1.08 bits per heavy atom. The summed E-state index contributed by atoms with van der Waals surface area (Å²) in [6.45, 7) is 3.63. The molecule has 128 valence electrons. The molecular weight excluding hydrogens is 316 g/mol. The quantitative estimate of drug-likeness (QED) is 0.716. The summed E-state index contributed by atoms with van der Waals surface area (Å²) in [6, 6.07) is 17.0. The number of aromatic nitrogens is 2. The second kappa shape index (κ2) is 8.10. The first-order valence-electron chi connectivity index (χ1n) is 8.19. The zero-order valence-corrected chi connectivity index (χ0v) is 14.1. The SMILES string of the molecule is CCN(Cc1ccccc1)C(=O)c1ccc(NCc2ccco2)nn1. The summed E-state index contributed by atoms with van der Waals surface area (Å²) in [5, 5.41) is 11.2. The van der Waals surface area contributed by atoms with Crippen molar-refractivity contribution in [1.29, 1.82) is 0 Å². The predicted molar refractivity (Wildman–Crippen MR) is 94.9 cm³/mol. The molecule has 0 radical (unpaired) electrons. The van der Waals surface area contributed by atoms with E-state index >= 15 is 0 Å². The van der Waals surface area contributed by atoms with Gasteiger partial charge in [0.1, 0.15) is 11.6 Å². The van der Waals surface area contributed by atoms with Crippen molar-refractivity contribution in [3.05, 3.63) is 77.9 Å². The van der Waals surface area contributed by atoms with Crippen LogP contribution in [0.15, 0.2) is 65.3 Å². The Kier molecular flexibility index (Phi) is 5.41. The van der Waals surface area contributed by atoms with Gasteiger partial charge >= 0.3 is 0 Å². The first-order valence-corrected chi connectivity index (χ1v) is 8.19. The number of benzene rings is 1. The number of carbonyl (C=O) groups is 1. The third kappa shape index (κ3) is 4.44. The van der Waals surface area contributed by atoms with Gasteiger partial charge in [0, 0.05) is 13.1 Å². The molecule has 0 aliphatic carbocycles. The van der Waals surface area contributed by atoms with E-state index in [4.69, 9.17) is 4.42 Å². The second-order valence-corrected chi connectivity index (χ2v) is 5.54. The van der Waals surface area contributed by atoms with Crippen molar-refractivity contribution >= 4 is 11.7 Å². The van der Waals surface area contributed by atoms with Crippen LogP contribution in [0, 0.1) is 0 Å². The molecule has 0 unspecified atom stereocenters. The van der Waals surface area contributed by atoms with E-state index in [0.29, 0.717) is 31.1 Å². The molecule has 0 spiro atoms. The fourth-order valence-electron chi connectivity index (χ4n) is 2.42. The van der Waals surface area contributed by atoms with E-state index in [1.54, 1.807) is 23.3 Å². The molecule has 0 saturated carbocycles. The minimum atomic E-state index is -0.128. The number of anilines is 1. The molecule has 0 bridgehead atoms. The minimum absolute atomic E-state index is 0.128. The van der Waals surface area contributed by atoms with Crippen molar-refractivity contribution in [3.63, 3.8) is 0 Å². The molecule has 6 nitrogen and oxygen atoms in total. The zero-order valence-electron chi connectivity index (χ0n) is 14.1. The summed E-state index contributed by atoms with van der Waals surface area (Å²) >= 11 is 0. The molecule has 1 N–H and O–H groups in total. The van der Waals surface area contributed by atoms with Crippen LogP contribution < -0.4 is 5.32 Å². The van der Waals surface area contributed by atoms with Crippen LogP contribution in [-0.4, -0.2) is 27.5 Å². The van der Waals surface area contributed by atoms with Crippen LogP contribution in [0.2, 0.25) is 0 Å². The van der Waals surface area contributed by atoms with Crippen molar-refractivity contribution in [2.75, 3.05) is 11.9 Å². The third-order valence-electron chi connectivity index (χ3n) is 3.79. The van der Waals surface area contributed by atoms with Gasteiger partial charge in [-0.3, -0.25) is 4.79 Å². The molecule has 0 aliphatic rings. The summed E-state index contributed by atoms with van der Waals surface area (Å²) in [5.74, 6) is 1.28. The molecule has 0 saturated heterocycles. The number of rotatable bonds is 7. The highest BCUT2D eigenvalue weighted by atomic mass is 16.3. The third-order valence-corrected chi connectivity index (χ3v) is 3.79. The van der Waals surface area contributed by atoms with E-state index in [2.05, 4.69) is 15.5 Å². The lowest BCUT2D eigenvalue weighted by Gasteiger charge is -2.20. The van der Waals surface area contributed by atoms with E-state index in [0.717, 1.165) is 11.3 Å². The van der Waals surface area contributed by atoms with Crippen LogP contribution in [0.1, 0.15) is 28.7 Å². The van der Waals surface area contributed by atoms with Crippen molar-refractivity contribution in [1.82, 2.24) is 15.1 Å². The average molecular weight is 336 g/mol. The lowest BCUT2D eigenvalue weighted by Crippen LogP contribution is -2.31. The van der Waals surface area contributed by atoms with Crippen LogP contribution in [-0.2, 0) is 13.1 Å². The predicted octanol–water partition coefficient (Wildman–Crippen LogP) is 3.34. The number of hydrogen-bond donors (Lipinski definition) is 1. The fraction of sp³-hybridized carbons (Fsp3) is 0.211. The number of hydrogen-bond acceptors (Lipinski definition) is 5. The first-order chi connectivity index (χ1) is 12.3. The molecule has 3 rings (SSSR count). The van der Waals surface area contributed by atoms with Crippen LogP contribution in [0.4, 0.5) is 5.82 Å². The second-order valence-electron chi connectivity index (χ2n) is 5.54. The smallest absolute Gasteiger partial charge is 0.274 e. The molecular formula is C19H20N4O2. The first kappa shape index (κ1) is 16.7. The molecule has 6 heteroatoms. The van der Waals surface area contributed by atoms with Gasteiger partial charge in [0.2, 0.25) is 0 Å². The van der Waals surface area contributed by atoms with Crippen molar-refractivity contribution in [2.24, 2.45) is 0 Å². The summed E-state index contributed by atoms with van der Waals surface area (Å²) in [4.78, 5) is 14.4. The van der Waals surface area contributed by atoms with Gasteiger partial charge in [0.25, 0.3) is 5.91 Å². The normalized spacial score (nSPS) is 10.4. The lowest BCUT2D eigenvalue weighted by atomic mass is 10.2. The van der Waals surface area contributed by atoms with Gasteiger partial charge in [0.15, 0.2) is 5.69 Å². The summed E-state index contributed by atoms with van der Waals surface area (Å²) in [5.41, 5.74) is 1.42. The van der Waals surface area contributed by atoms with Crippen molar-refractivity contribution in [3.8, 4) is 0 Å². The summed E-state index contributed by atoms with van der Waals surface area (Å²) in [7, 11) is 0. The maximum Gasteiger partial charge on any atom is 0.274 e. The number of carbonyl (C=O) groups excluding carboxylic acids is 1. The molecule has 0 atom stereocenters. The number of furan rings is 1. The molecule has 1 aromatic carbocycles. The van der Waals surface area contributed by atoms with Crippen molar-refractivity contribution in [2.45, 2.75) is 20.0 Å². The highest BCUT2D eigenvalue weighted by Crippen LogP contribution is 2.10. The Labute approximate surface area is 146 Å². The average Bonchev–Trinajstić information content (AvgIpc) is 3.19.